The average Bonchev–Trinajstić information content (AvgIpc) is 2.51. The number of phenolic OH excluding ortho intramolecular Hbond substituents is 1. The Hall–Kier alpha value is -2.04. The summed E-state index contributed by atoms with van der Waals surface area (Å²) in [4.78, 5) is 10.8. The first-order chi connectivity index (χ1) is 7.02. The summed E-state index contributed by atoms with van der Waals surface area (Å²) in [6, 6.07) is 3.77. The molecule has 0 fully saturated rings. The Morgan fingerprint density at radius 3 is 2.73 bits per heavy atom. The van der Waals surface area contributed by atoms with E-state index in [4.69, 9.17) is 5.11 Å². The molecule has 0 saturated carbocycles. The van der Waals surface area contributed by atoms with Crippen LogP contribution in [0, 0.1) is 5.82 Å². The number of rotatable bonds is 1. The van der Waals surface area contributed by atoms with E-state index in [1.165, 1.54) is 16.7 Å². The van der Waals surface area contributed by atoms with Crippen molar-refractivity contribution in [3.05, 3.63) is 29.7 Å². The summed E-state index contributed by atoms with van der Waals surface area (Å²) in [5, 5.41) is 18.4. The third-order valence-electron chi connectivity index (χ3n) is 2.37. The molecule has 4 nitrogen and oxygen atoms in total. The van der Waals surface area contributed by atoms with E-state index in [1.54, 1.807) is 7.05 Å². The molecule has 1 aromatic carbocycles. The predicted molar refractivity (Wildman–Crippen MR) is 51.5 cm³/mol. The van der Waals surface area contributed by atoms with Crippen molar-refractivity contribution in [2.45, 2.75) is 0 Å². The molecule has 2 aromatic rings. The molecular weight excluding hydrogens is 201 g/mol. The molecular formula is C10H8FNO3. The molecule has 2 N–H and O–H groups in total. The fraction of sp³-hybridized carbons (Fsp3) is 0.100. The molecule has 0 radical (unpaired) electrons. The van der Waals surface area contributed by atoms with E-state index >= 15 is 0 Å². The SMILES string of the molecule is Cn1c(C(=O)O)cc2c(O)c(F)ccc21. The molecule has 0 bridgehead atoms. The van der Waals surface area contributed by atoms with E-state index in [2.05, 4.69) is 0 Å². The minimum Gasteiger partial charge on any atom is -0.504 e. The van der Waals surface area contributed by atoms with Gasteiger partial charge in [-0.05, 0) is 18.2 Å². The smallest absolute Gasteiger partial charge is 0.352 e. The zero-order chi connectivity index (χ0) is 11.2. The van der Waals surface area contributed by atoms with Gasteiger partial charge >= 0.3 is 5.97 Å². The van der Waals surface area contributed by atoms with Gasteiger partial charge in [0.1, 0.15) is 5.69 Å². The summed E-state index contributed by atoms with van der Waals surface area (Å²) in [5.74, 6) is -2.39. The minimum atomic E-state index is -1.12. The number of nitrogens with zero attached hydrogens (tertiary/aromatic N) is 1. The van der Waals surface area contributed by atoms with Crippen molar-refractivity contribution in [1.82, 2.24) is 4.57 Å². The Bertz CT molecular complexity index is 559. The Balaban J connectivity index is 2.88. The van der Waals surface area contributed by atoms with Gasteiger partial charge in [0.25, 0.3) is 0 Å². The summed E-state index contributed by atoms with van der Waals surface area (Å²) in [5.41, 5.74) is 0.484. The Kier molecular flexibility index (Phi) is 1.89. The Labute approximate surface area is 84.2 Å². The third kappa shape index (κ3) is 1.24. The van der Waals surface area contributed by atoms with Gasteiger partial charge in [0.2, 0.25) is 0 Å². The zero-order valence-electron chi connectivity index (χ0n) is 7.86. The maximum atomic E-state index is 13.0. The molecule has 0 amide bonds. The molecule has 0 aliphatic rings. The average molecular weight is 209 g/mol. The molecule has 5 heteroatoms. The van der Waals surface area contributed by atoms with Crippen molar-refractivity contribution in [1.29, 1.82) is 0 Å². The van der Waals surface area contributed by atoms with Gasteiger partial charge in [0.05, 0.1) is 5.52 Å². The number of phenols is 1. The van der Waals surface area contributed by atoms with E-state index in [9.17, 15) is 14.3 Å². The Morgan fingerprint density at radius 2 is 2.13 bits per heavy atom. The maximum absolute atomic E-state index is 13.0. The fourth-order valence-corrected chi connectivity index (χ4v) is 1.57. The molecule has 2 rings (SSSR count). The van der Waals surface area contributed by atoms with Gasteiger partial charge in [0, 0.05) is 12.4 Å². The first-order valence-corrected chi connectivity index (χ1v) is 4.22. The van der Waals surface area contributed by atoms with Crippen LogP contribution in [-0.2, 0) is 7.05 Å². The summed E-state index contributed by atoms with van der Waals surface area (Å²) < 4.78 is 14.4. The second-order valence-corrected chi connectivity index (χ2v) is 3.22. The number of carbonyl (C=O) groups is 1. The van der Waals surface area contributed by atoms with Crippen LogP contribution in [0.2, 0.25) is 0 Å². The van der Waals surface area contributed by atoms with Gasteiger partial charge in [-0.3, -0.25) is 0 Å². The number of halogens is 1. The predicted octanol–water partition coefficient (Wildman–Crippen LogP) is 1.72. The highest BCUT2D eigenvalue weighted by molar-refractivity contribution is 5.96. The number of fused-ring (bicyclic) bond motifs is 1. The number of carboxylic acids is 1. The number of hydrogen-bond donors (Lipinski definition) is 2. The van der Waals surface area contributed by atoms with Crippen molar-refractivity contribution < 1.29 is 19.4 Å². The van der Waals surface area contributed by atoms with Gasteiger partial charge in [-0.2, -0.15) is 0 Å². The second kappa shape index (κ2) is 2.98. The molecule has 0 aliphatic heterocycles. The van der Waals surface area contributed by atoms with Crippen LogP contribution in [0.15, 0.2) is 18.2 Å². The lowest BCUT2D eigenvalue weighted by molar-refractivity contribution is 0.0687. The number of aromatic hydroxyl groups is 1. The van der Waals surface area contributed by atoms with Crippen molar-refractivity contribution >= 4 is 16.9 Å². The van der Waals surface area contributed by atoms with E-state index < -0.39 is 17.5 Å². The number of carboxylic acid groups (broad SMARTS) is 1. The van der Waals surface area contributed by atoms with Crippen LogP contribution >= 0.6 is 0 Å². The van der Waals surface area contributed by atoms with Crippen LogP contribution in [-0.4, -0.2) is 20.7 Å². The lowest BCUT2D eigenvalue weighted by Crippen LogP contribution is -2.03. The van der Waals surface area contributed by atoms with Crippen LogP contribution < -0.4 is 0 Å². The molecule has 15 heavy (non-hydrogen) atoms. The van der Waals surface area contributed by atoms with Crippen LogP contribution in [0.5, 0.6) is 5.75 Å². The molecule has 78 valence electrons. The van der Waals surface area contributed by atoms with Crippen molar-refractivity contribution in [3.8, 4) is 5.75 Å². The molecule has 1 aromatic heterocycles. The van der Waals surface area contributed by atoms with Gasteiger partial charge in [-0.1, -0.05) is 0 Å². The van der Waals surface area contributed by atoms with E-state index in [0.717, 1.165) is 6.07 Å². The lowest BCUT2D eigenvalue weighted by Gasteiger charge is -2.00. The fourth-order valence-electron chi connectivity index (χ4n) is 1.57. The van der Waals surface area contributed by atoms with E-state index in [-0.39, 0.29) is 11.1 Å². The number of aromatic nitrogens is 1. The number of hydrogen-bond acceptors (Lipinski definition) is 2. The maximum Gasteiger partial charge on any atom is 0.352 e. The first-order valence-electron chi connectivity index (χ1n) is 4.22. The van der Waals surface area contributed by atoms with Gasteiger partial charge in [-0.25, -0.2) is 9.18 Å². The molecule has 0 atom stereocenters. The molecule has 1 heterocycles. The topological polar surface area (TPSA) is 62.5 Å². The highest BCUT2D eigenvalue weighted by Crippen LogP contribution is 2.29. The van der Waals surface area contributed by atoms with Crippen molar-refractivity contribution in [2.75, 3.05) is 0 Å². The quantitative estimate of drug-likeness (QED) is 0.751. The standard InChI is InChI=1S/C10H8FNO3/c1-12-7-3-2-6(11)9(13)5(7)4-8(12)10(14)15/h2-4,13H,1H3,(H,14,15). The highest BCUT2D eigenvalue weighted by atomic mass is 19.1. The largest absolute Gasteiger partial charge is 0.504 e. The second-order valence-electron chi connectivity index (χ2n) is 3.22. The Morgan fingerprint density at radius 1 is 1.47 bits per heavy atom. The van der Waals surface area contributed by atoms with E-state index in [1.807, 2.05) is 0 Å². The number of benzene rings is 1. The molecule has 0 aliphatic carbocycles. The summed E-state index contributed by atoms with van der Waals surface area (Å²) in [6.07, 6.45) is 0. The van der Waals surface area contributed by atoms with Crippen LogP contribution in [0.4, 0.5) is 4.39 Å². The van der Waals surface area contributed by atoms with Gasteiger partial charge < -0.3 is 14.8 Å². The van der Waals surface area contributed by atoms with Crippen molar-refractivity contribution in [2.24, 2.45) is 7.05 Å². The van der Waals surface area contributed by atoms with Gasteiger partial charge in [-0.15, -0.1) is 0 Å². The molecule has 0 unspecified atom stereocenters. The molecule has 0 saturated heterocycles. The summed E-state index contributed by atoms with van der Waals surface area (Å²) >= 11 is 0. The van der Waals surface area contributed by atoms with Gasteiger partial charge in [0.15, 0.2) is 11.6 Å². The minimum absolute atomic E-state index is 0.00546. The normalized spacial score (nSPS) is 10.8. The lowest BCUT2D eigenvalue weighted by atomic mass is 10.2. The monoisotopic (exact) mass is 209 g/mol. The first kappa shape index (κ1) is 9.51. The number of aromatic carboxylic acids is 1. The van der Waals surface area contributed by atoms with Crippen molar-refractivity contribution in [3.63, 3.8) is 0 Å². The van der Waals surface area contributed by atoms with E-state index in [0.29, 0.717) is 5.52 Å². The van der Waals surface area contributed by atoms with Crippen LogP contribution in [0.25, 0.3) is 10.9 Å². The highest BCUT2D eigenvalue weighted by Gasteiger charge is 2.15. The summed E-state index contributed by atoms with van der Waals surface area (Å²) in [6.45, 7) is 0. The summed E-state index contributed by atoms with van der Waals surface area (Å²) in [7, 11) is 1.54. The van der Waals surface area contributed by atoms with Crippen LogP contribution in [0.1, 0.15) is 10.5 Å². The van der Waals surface area contributed by atoms with Crippen LogP contribution in [0.3, 0.4) is 0 Å². The third-order valence-corrected chi connectivity index (χ3v) is 2.37. The zero-order valence-corrected chi connectivity index (χ0v) is 7.86. The number of aryl methyl sites for hydroxylation is 1. The molecule has 0 spiro atoms.